The third-order valence-electron chi connectivity index (χ3n) is 7.53. The van der Waals surface area contributed by atoms with Crippen LogP contribution in [0, 0.1) is 17.0 Å². The van der Waals surface area contributed by atoms with Crippen LogP contribution in [0.25, 0.3) is 22.8 Å². The van der Waals surface area contributed by atoms with Gasteiger partial charge in [-0.05, 0) is 60.1 Å². The van der Waals surface area contributed by atoms with Gasteiger partial charge in [-0.15, -0.1) is 5.10 Å². The first kappa shape index (κ1) is 19.9. The van der Waals surface area contributed by atoms with E-state index in [1.807, 2.05) is 12.1 Å². The van der Waals surface area contributed by atoms with E-state index in [1.165, 1.54) is 18.2 Å². The Bertz CT molecular complexity index is 1460. The Kier molecular flexibility index (Phi) is 4.00. The van der Waals surface area contributed by atoms with Gasteiger partial charge >= 0.3 is 5.69 Å². The third-order valence-corrected chi connectivity index (χ3v) is 7.53. The Morgan fingerprint density at radius 1 is 1.03 bits per heavy atom. The number of fused-ring (bicyclic) bond motifs is 5. The average Bonchev–Trinajstić information content (AvgIpc) is 3.40. The largest absolute Gasteiger partial charge is 0.340 e. The summed E-state index contributed by atoms with van der Waals surface area (Å²) < 4.78 is 28.8. The Morgan fingerprint density at radius 2 is 1.79 bits per heavy atom. The summed E-state index contributed by atoms with van der Waals surface area (Å²) in [5, 5.41) is 15.2. The summed E-state index contributed by atoms with van der Waals surface area (Å²) in [5.41, 5.74) is 1.98. The normalized spacial score (nSPS) is 22.5. The van der Waals surface area contributed by atoms with Crippen molar-refractivity contribution in [1.29, 1.82) is 0 Å². The van der Waals surface area contributed by atoms with E-state index in [2.05, 4.69) is 39.2 Å². The first-order chi connectivity index (χ1) is 15.8. The first-order valence-corrected chi connectivity index (χ1v) is 10.8. The van der Waals surface area contributed by atoms with Gasteiger partial charge in [-0.3, -0.25) is 4.98 Å². The number of hydrogen-bond donors (Lipinski definition) is 2. The lowest BCUT2D eigenvalue weighted by Crippen LogP contribution is -2.37. The fraction of sp³-hybridized carbons (Fsp3) is 0.292. The molecular weight excluding hydrogens is 426 g/mol. The highest BCUT2D eigenvalue weighted by Crippen LogP contribution is 2.69. The number of H-pyrrole nitrogens is 2. The van der Waals surface area contributed by atoms with Crippen molar-refractivity contribution in [3.8, 4) is 22.8 Å². The van der Waals surface area contributed by atoms with E-state index in [1.54, 1.807) is 12.1 Å². The molecule has 0 aliphatic heterocycles. The van der Waals surface area contributed by atoms with Crippen LogP contribution in [0.2, 0.25) is 0 Å². The molecule has 3 heterocycles. The molecule has 1 fully saturated rings. The van der Waals surface area contributed by atoms with Crippen molar-refractivity contribution >= 4 is 0 Å². The highest BCUT2D eigenvalue weighted by atomic mass is 19.1. The van der Waals surface area contributed by atoms with Gasteiger partial charge in [0.25, 0.3) is 0 Å². The summed E-state index contributed by atoms with van der Waals surface area (Å²) in [6.07, 6.45) is 1.73. The van der Waals surface area contributed by atoms with Crippen LogP contribution in [-0.2, 0) is 5.41 Å². The maximum absolute atomic E-state index is 14.4. The number of pyridine rings is 1. The van der Waals surface area contributed by atoms with Crippen LogP contribution in [0.4, 0.5) is 8.78 Å². The average molecular weight is 446 g/mol. The first-order valence-electron chi connectivity index (χ1n) is 10.8. The van der Waals surface area contributed by atoms with Gasteiger partial charge in [-0.1, -0.05) is 26.0 Å². The molecule has 6 rings (SSSR count). The van der Waals surface area contributed by atoms with Gasteiger partial charge in [0.1, 0.15) is 17.3 Å². The van der Waals surface area contributed by atoms with Crippen LogP contribution in [0.1, 0.15) is 49.6 Å². The highest BCUT2D eigenvalue weighted by Gasteiger charge is 2.65. The van der Waals surface area contributed by atoms with E-state index in [-0.39, 0.29) is 22.6 Å². The second-order valence-electron chi connectivity index (χ2n) is 9.28. The SMILES string of the molecule is CC1(C)[C@H]2CC[C@]1(c1cccc(-c3n[nH]c(=O)[nH]3)n1)c1nnc(-c3c(F)cccc3F)cc12. The van der Waals surface area contributed by atoms with Gasteiger partial charge in [0.15, 0.2) is 5.82 Å². The van der Waals surface area contributed by atoms with Crippen molar-refractivity contribution in [2.45, 2.75) is 38.0 Å². The molecule has 2 aliphatic carbocycles. The molecule has 0 amide bonds. The lowest BCUT2D eigenvalue weighted by atomic mass is 9.66. The standard InChI is InChI=1S/C24H20F2N6O/c1-23(2)13-9-10-24(23,18-8-4-7-16(27-18)21-28-22(33)32-31-21)20-12(13)11-17(29-30-20)19-14(25)5-3-6-15(19)26/h3-8,11,13H,9-10H2,1-2H3,(H2,28,31,32,33)/t13-,24-/m0/s1. The maximum atomic E-state index is 14.4. The van der Waals surface area contributed by atoms with Gasteiger partial charge in [-0.25, -0.2) is 23.7 Å². The summed E-state index contributed by atoms with van der Waals surface area (Å²) >= 11 is 0. The van der Waals surface area contributed by atoms with Crippen LogP contribution >= 0.6 is 0 Å². The number of benzene rings is 1. The lowest BCUT2D eigenvalue weighted by molar-refractivity contribution is 0.243. The molecule has 3 aromatic heterocycles. The Labute approximate surface area is 187 Å². The predicted molar refractivity (Wildman–Crippen MR) is 116 cm³/mol. The van der Waals surface area contributed by atoms with Crippen molar-refractivity contribution in [2.75, 3.05) is 0 Å². The Hall–Kier alpha value is -3.75. The summed E-state index contributed by atoms with van der Waals surface area (Å²) in [6, 6.07) is 11.2. The zero-order valence-electron chi connectivity index (χ0n) is 18.0. The quantitative estimate of drug-likeness (QED) is 0.494. The zero-order valence-corrected chi connectivity index (χ0v) is 18.0. The summed E-state index contributed by atoms with van der Waals surface area (Å²) in [4.78, 5) is 19.0. The minimum absolute atomic E-state index is 0.146. The topological polar surface area (TPSA) is 100 Å². The number of aromatic amines is 2. The Morgan fingerprint density at radius 3 is 2.52 bits per heavy atom. The minimum Gasteiger partial charge on any atom is -0.288 e. The van der Waals surface area contributed by atoms with E-state index >= 15 is 0 Å². The molecule has 33 heavy (non-hydrogen) atoms. The molecule has 4 aromatic rings. The van der Waals surface area contributed by atoms with Crippen molar-refractivity contribution in [2.24, 2.45) is 5.41 Å². The van der Waals surface area contributed by atoms with Crippen LogP contribution in [0.5, 0.6) is 0 Å². The molecule has 2 aliphatic rings. The molecule has 0 saturated heterocycles. The number of aromatic nitrogens is 6. The van der Waals surface area contributed by atoms with Gasteiger partial charge in [0, 0.05) is 0 Å². The molecule has 2 atom stereocenters. The van der Waals surface area contributed by atoms with Crippen molar-refractivity contribution in [3.05, 3.63) is 81.5 Å². The maximum Gasteiger partial charge on any atom is 0.340 e. The molecule has 1 saturated carbocycles. The third kappa shape index (κ3) is 2.56. The summed E-state index contributed by atoms with van der Waals surface area (Å²) in [6.45, 7) is 4.36. The molecular formula is C24H20F2N6O. The van der Waals surface area contributed by atoms with Crippen LogP contribution in [0.3, 0.4) is 0 Å². The second-order valence-corrected chi connectivity index (χ2v) is 9.28. The van der Waals surface area contributed by atoms with Crippen molar-refractivity contribution in [1.82, 2.24) is 30.4 Å². The fourth-order valence-corrected chi connectivity index (χ4v) is 5.95. The second kappa shape index (κ2) is 6.63. The molecule has 0 unspecified atom stereocenters. The van der Waals surface area contributed by atoms with E-state index in [4.69, 9.17) is 4.98 Å². The number of nitrogens with one attached hydrogen (secondary N) is 2. The van der Waals surface area contributed by atoms with E-state index in [0.29, 0.717) is 11.5 Å². The van der Waals surface area contributed by atoms with E-state index in [9.17, 15) is 13.6 Å². The minimum atomic E-state index is -0.663. The van der Waals surface area contributed by atoms with Crippen molar-refractivity contribution < 1.29 is 8.78 Å². The molecule has 1 aromatic carbocycles. The predicted octanol–water partition coefficient (Wildman–Crippen LogP) is 4.10. The van der Waals surface area contributed by atoms with Gasteiger partial charge in [-0.2, -0.15) is 10.2 Å². The Balaban J connectivity index is 1.53. The molecule has 2 bridgehead atoms. The molecule has 7 nitrogen and oxygen atoms in total. The monoisotopic (exact) mass is 446 g/mol. The van der Waals surface area contributed by atoms with Crippen LogP contribution in [-0.4, -0.2) is 30.4 Å². The molecule has 2 N–H and O–H groups in total. The molecule has 166 valence electrons. The number of hydrogen-bond acceptors (Lipinski definition) is 5. The number of halogens is 2. The smallest absolute Gasteiger partial charge is 0.288 e. The molecule has 0 radical (unpaired) electrons. The summed E-state index contributed by atoms with van der Waals surface area (Å²) in [7, 11) is 0. The van der Waals surface area contributed by atoms with E-state index in [0.717, 1.165) is 29.8 Å². The summed E-state index contributed by atoms with van der Waals surface area (Å²) in [5.74, 6) is -0.819. The lowest BCUT2D eigenvalue weighted by Gasteiger charge is -2.37. The van der Waals surface area contributed by atoms with Crippen molar-refractivity contribution in [3.63, 3.8) is 0 Å². The number of rotatable bonds is 3. The zero-order chi connectivity index (χ0) is 23.0. The van der Waals surface area contributed by atoms with Crippen LogP contribution in [0.15, 0.2) is 47.3 Å². The molecule has 9 heteroatoms. The van der Waals surface area contributed by atoms with Gasteiger partial charge < -0.3 is 0 Å². The van der Waals surface area contributed by atoms with Gasteiger partial charge in [0.05, 0.1) is 28.1 Å². The highest BCUT2D eigenvalue weighted by molar-refractivity contribution is 5.64. The fourth-order valence-electron chi connectivity index (χ4n) is 5.95. The molecule has 0 spiro atoms. The van der Waals surface area contributed by atoms with E-state index < -0.39 is 22.7 Å². The van der Waals surface area contributed by atoms with Crippen LogP contribution < -0.4 is 5.69 Å². The van der Waals surface area contributed by atoms with Gasteiger partial charge in [0.2, 0.25) is 0 Å². The number of nitrogens with zero attached hydrogens (tertiary/aromatic N) is 4.